The van der Waals surface area contributed by atoms with E-state index in [1.54, 1.807) is 13.8 Å². The first kappa shape index (κ1) is 18.5. The first-order valence-corrected chi connectivity index (χ1v) is 9.78. The van der Waals surface area contributed by atoms with Crippen LogP contribution in [0.1, 0.15) is 20.1 Å². The standard InChI is InChI=1S/C15H20N5O6P/c1-4-15-5-23-27(22,25-8(2)3)26-11(15)10(21)14(24-15)20-7-19-9-12(16)17-6-18-13(9)20/h4,6-8,10-11,14,21H,1,5H2,2-3H3,(H2,16,17,18)/t10-,11+,14-,15-,27?/m1/s1. The number of anilines is 1. The van der Waals surface area contributed by atoms with Gasteiger partial charge in [-0.25, -0.2) is 19.5 Å². The smallest absolute Gasteiger partial charge is 0.386 e. The van der Waals surface area contributed by atoms with E-state index in [2.05, 4.69) is 21.5 Å². The number of nitrogen functional groups attached to an aromatic ring is 1. The van der Waals surface area contributed by atoms with Crippen molar-refractivity contribution in [1.82, 2.24) is 19.5 Å². The molecule has 12 heteroatoms. The molecule has 2 aliphatic rings. The van der Waals surface area contributed by atoms with E-state index in [4.69, 9.17) is 24.0 Å². The molecule has 0 radical (unpaired) electrons. The zero-order chi connectivity index (χ0) is 19.4. The monoisotopic (exact) mass is 397 g/mol. The summed E-state index contributed by atoms with van der Waals surface area (Å²) in [5.41, 5.74) is 5.35. The molecule has 2 aromatic rings. The van der Waals surface area contributed by atoms with Crippen LogP contribution in [0.25, 0.3) is 11.2 Å². The van der Waals surface area contributed by atoms with Gasteiger partial charge >= 0.3 is 7.82 Å². The molecule has 0 saturated carbocycles. The van der Waals surface area contributed by atoms with Gasteiger partial charge in [0.2, 0.25) is 0 Å². The van der Waals surface area contributed by atoms with Gasteiger partial charge in [-0.05, 0) is 13.8 Å². The summed E-state index contributed by atoms with van der Waals surface area (Å²) in [5.74, 6) is 0.205. The Kier molecular flexibility index (Phi) is 4.34. The summed E-state index contributed by atoms with van der Waals surface area (Å²) in [6, 6.07) is 0. The number of nitrogens with two attached hydrogens (primary N) is 1. The van der Waals surface area contributed by atoms with Crippen molar-refractivity contribution >= 4 is 24.8 Å². The largest absolute Gasteiger partial charge is 0.475 e. The third-order valence-corrected chi connectivity index (χ3v) is 6.07. The van der Waals surface area contributed by atoms with Crippen molar-refractivity contribution < 1.29 is 28.0 Å². The molecule has 4 rings (SSSR count). The van der Waals surface area contributed by atoms with Crippen LogP contribution in [-0.4, -0.2) is 55.1 Å². The van der Waals surface area contributed by atoms with Crippen molar-refractivity contribution in [2.24, 2.45) is 0 Å². The van der Waals surface area contributed by atoms with E-state index < -0.39 is 31.9 Å². The SMILES string of the molecule is C=C[C@@]12COP(=O)(OC(C)C)O[C@H]1[C@@H](O)[C@H](n1cnc3c(N)ncnc31)O2. The Bertz CT molecular complexity index is 935. The van der Waals surface area contributed by atoms with Crippen LogP contribution >= 0.6 is 7.82 Å². The van der Waals surface area contributed by atoms with E-state index in [9.17, 15) is 9.67 Å². The van der Waals surface area contributed by atoms with Crippen LogP contribution in [0.15, 0.2) is 25.3 Å². The van der Waals surface area contributed by atoms with Gasteiger partial charge < -0.3 is 15.6 Å². The van der Waals surface area contributed by atoms with Gasteiger partial charge in [-0.2, -0.15) is 0 Å². The first-order chi connectivity index (χ1) is 12.8. The molecule has 11 nitrogen and oxygen atoms in total. The van der Waals surface area contributed by atoms with Gasteiger partial charge in [0.05, 0.1) is 19.0 Å². The fourth-order valence-electron chi connectivity index (χ4n) is 3.23. The lowest BCUT2D eigenvalue weighted by Crippen LogP contribution is -2.49. The number of fused-ring (bicyclic) bond motifs is 2. The number of nitrogens with zero attached hydrogens (tertiary/aromatic N) is 4. The minimum absolute atomic E-state index is 0.150. The molecule has 27 heavy (non-hydrogen) atoms. The highest BCUT2D eigenvalue weighted by atomic mass is 31.2. The van der Waals surface area contributed by atoms with E-state index in [1.807, 2.05) is 0 Å². The van der Waals surface area contributed by atoms with E-state index in [0.29, 0.717) is 11.2 Å². The number of hydrogen-bond donors (Lipinski definition) is 2. The number of ether oxygens (including phenoxy) is 1. The number of aliphatic hydroxyl groups excluding tert-OH is 1. The third-order valence-electron chi connectivity index (χ3n) is 4.46. The lowest BCUT2D eigenvalue weighted by molar-refractivity contribution is -0.119. The van der Waals surface area contributed by atoms with E-state index >= 15 is 0 Å². The van der Waals surface area contributed by atoms with Gasteiger partial charge in [0.25, 0.3) is 0 Å². The van der Waals surface area contributed by atoms with Crippen molar-refractivity contribution in [3.8, 4) is 0 Å². The molecule has 146 valence electrons. The third kappa shape index (κ3) is 2.87. The van der Waals surface area contributed by atoms with Crippen LogP contribution in [0.2, 0.25) is 0 Å². The second-order valence-electron chi connectivity index (χ2n) is 6.64. The summed E-state index contributed by atoms with van der Waals surface area (Å²) in [6.07, 6.45) is 0.614. The van der Waals surface area contributed by atoms with Crippen molar-refractivity contribution in [3.63, 3.8) is 0 Å². The molecule has 0 bridgehead atoms. The topological polar surface area (TPSA) is 144 Å². The maximum absolute atomic E-state index is 12.7. The molecule has 2 saturated heterocycles. The number of aliphatic hydroxyl groups is 1. The fraction of sp³-hybridized carbons (Fsp3) is 0.533. The number of imidazole rings is 1. The molecule has 4 heterocycles. The van der Waals surface area contributed by atoms with Crippen LogP contribution in [0.4, 0.5) is 5.82 Å². The molecule has 0 aromatic carbocycles. The van der Waals surface area contributed by atoms with E-state index in [0.717, 1.165) is 0 Å². The first-order valence-electron chi connectivity index (χ1n) is 8.32. The number of phosphoric acid groups is 1. The Morgan fingerprint density at radius 3 is 3.00 bits per heavy atom. The Morgan fingerprint density at radius 1 is 1.52 bits per heavy atom. The zero-order valence-electron chi connectivity index (χ0n) is 14.8. The molecule has 2 fully saturated rings. The Balaban J connectivity index is 1.71. The molecule has 0 aliphatic carbocycles. The van der Waals surface area contributed by atoms with Crippen molar-refractivity contribution in [2.45, 2.75) is 44.0 Å². The molecule has 2 aliphatic heterocycles. The van der Waals surface area contributed by atoms with E-state index in [-0.39, 0.29) is 18.5 Å². The average Bonchev–Trinajstić information content (AvgIpc) is 3.15. The van der Waals surface area contributed by atoms with Crippen LogP contribution in [0.5, 0.6) is 0 Å². The van der Waals surface area contributed by atoms with Gasteiger partial charge in [0.1, 0.15) is 29.7 Å². The quantitative estimate of drug-likeness (QED) is 0.570. The predicted octanol–water partition coefficient (Wildman–Crippen LogP) is 1.17. The maximum Gasteiger partial charge on any atom is 0.475 e. The second-order valence-corrected chi connectivity index (χ2v) is 8.22. The fourth-order valence-corrected chi connectivity index (χ4v) is 4.86. The van der Waals surface area contributed by atoms with Gasteiger partial charge in [-0.1, -0.05) is 6.08 Å². The predicted molar refractivity (Wildman–Crippen MR) is 93.4 cm³/mol. The normalized spacial score (nSPS) is 36.2. The average molecular weight is 397 g/mol. The summed E-state index contributed by atoms with van der Waals surface area (Å²) < 4.78 is 36.4. The lowest BCUT2D eigenvalue weighted by Gasteiger charge is -2.38. The summed E-state index contributed by atoms with van der Waals surface area (Å²) in [6.45, 7) is 7.01. The van der Waals surface area contributed by atoms with Crippen LogP contribution in [0.3, 0.4) is 0 Å². The minimum Gasteiger partial charge on any atom is -0.386 e. The number of rotatable bonds is 4. The molecule has 0 amide bonds. The van der Waals surface area contributed by atoms with Gasteiger partial charge in [-0.3, -0.25) is 18.1 Å². The van der Waals surface area contributed by atoms with Crippen molar-refractivity contribution in [1.29, 1.82) is 0 Å². The summed E-state index contributed by atoms with van der Waals surface area (Å²) in [4.78, 5) is 12.2. The van der Waals surface area contributed by atoms with Gasteiger partial charge in [-0.15, -0.1) is 6.58 Å². The highest BCUT2D eigenvalue weighted by molar-refractivity contribution is 7.48. The minimum atomic E-state index is -3.85. The van der Waals surface area contributed by atoms with Gasteiger partial charge in [0.15, 0.2) is 17.7 Å². The Morgan fingerprint density at radius 2 is 2.30 bits per heavy atom. The summed E-state index contributed by atoms with van der Waals surface area (Å²) >= 11 is 0. The Hall–Kier alpha value is -1.88. The maximum atomic E-state index is 12.7. The van der Waals surface area contributed by atoms with Crippen LogP contribution < -0.4 is 5.73 Å². The Labute approximate surface area is 154 Å². The summed E-state index contributed by atoms with van der Waals surface area (Å²) in [5, 5.41) is 10.9. The highest BCUT2D eigenvalue weighted by Gasteiger charge is 2.61. The highest BCUT2D eigenvalue weighted by Crippen LogP contribution is 2.60. The molecule has 1 unspecified atom stereocenters. The molecular weight excluding hydrogens is 377 g/mol. The number of hydrogen-bond acceptors (Lipinski definition) is 10. The zero-order valence-corrected chi connectivity index (χ0v) is 15.7. The summed E-state index contributed by atoms with van der Waals surface area (Å²) in [7, 11) is -3.85. The molecule has 2 aromatic heterocycles. The van der Waals surface area contributed by atoms with Gasteiger partial charge in [0, 0.05) is 0 Å². The van der Waals surface area contributed by atoms with E-state index in [1.165, 1.54) is 23.3 Å². The van der Waals surface area contributed by atoms with Crippen molar-refractivity contribution in [2.75, 3.05) is 12.3 Å². The van der Waals surface area contributed by atoms with Crippen LogP contribution in [-0.2, 0) is 22.9 Å². The van der Waals surface area contributed by atoms with Crippen molar-refractivity contribution in [3.05, 3.63) is 25.3 Å². The molecular formula is C15H20N5O6P. The molecule has 3 N–H and O–H groups in total. The number of phosphoric ester groups is 1. The lowest BCUT2D eigenvalue weighted by atomic mass is 9.96. The number of aromatic nitrogens is 4. The molecule has 5 atom stereocenters. The molecule has 0 spiro atoms. The second kappa shape index (κ2) is 6.33. The van der Waals surface area contributed by atoms with Crippen LogP contribution in [0, 0.1) is 0 Å².